The van der Waals surface area contributed by atoms with E-state index >= 15 is 0 Å². The SMILES string of the molecule is [NH3+]CCOCCOCCCCCCCl. The summed E-state index contributed by atoms with van der Waals surface area (Å²) in [6.45, 7) is 3.81. The number of ether oxygens (including phenoxy) is 2. The fraction of sp³-hybridized carbons (Fsp3) is 1.00. The molecule has 3 N–H and O–H groups in total. The van der Waals surface area contributed by atoms with E-state index in [1.54, 1.807) is 0 Å². The Bertz CT molecular complexity index is 92.1. The Labute approximate surface area is 91.9 Å². The minimum atomic E-state index is 0.692. The molecule has 3 nitrogen and oxygen atoms in total. The van der Waals surface area contributed by atoms with Crippen LogP contribution in [0.25, 0.3) is 0 Å². The maximum atomic E-state index is 5.56. The van der Waals surface area contributed by atoms with Gasteiger partial charge >= 0.3 is 0 Å². The van der Waals surface area contributed by atoms with Gasteiger partial charge in [-0.15, -0.1) is 11.6 Å². The van der Waals surface area contributed by atoms with Gasteiger partial charge in [-0.1, -0.05) is 12.8 Å². The van der Waals surface area contributed by atoms with Crippen molar-refractivity contribution in [3.8, 4) is 0 Å². The summed E-state index contributed by atoms with van der Waals surface area (Å²) in [6, 6.07) is 0. The van der Waals surface area contributed by atoms with E-state index in [-0.39, 0.29) is 0 Å². The molecule has 0 radical (unpaired) electrons. The summed E-state index contributed by atoms with van der Waals surface area (Å²) in [7, 11) is 0. The topological polar surface area (TPSA) is 46.1 Å². The molecular formula is C10H23ClNO2+. The van der Waals surface area contributed by atoms with Crippen molar-refractivity contribution in [2.45, 2.75) is 25.7 Å². The van der Waals surface area contributed by atoms with Gasteiger partial charge in [0.05, 0.1) is 26.4 Å². The standard InChI is InChI=1S/C10H22ClNO2/c11-5-3-1-2-4-7-13-9-10-14-8-6-12/h1-10,12H2/p+1. The molecule has 0 aromatic carbocycles. The number of quaternary nitrogens is 1. The van der Waals surface area contributed by atoms with Crippen LogP contribution in [-0.4, -0.2) is 38.9 Å². The van der Waals surface area contributed by atoms with Crippen LogP contribution < -0.4 is 5.73 Å². The van der Waals surface area contributed by atoms with Gasteiger partial charge in [-0.2, -0.15) is 0 Å². The predicted octanol–water partition coefficient (Wildman–Crippen LogP) is 1.06. The molecule has 0 bridgehead atoms. The van der Waals surface area contributed by atoms with E-state index in [4.69, 9.17) is 21.1 Å². The highest BCUT2D eigenvalue weighted by Crippen LogP contribution is 2.00. The first-order valence-electron chi connectivity index (χ1n) is 5.42. The number of alkyl halides is 1. The third-order valence-corrected chi connectivity index (χ3v) is 2.10. The molecule has 0 heterocycles. The average Bonchev–Trinajstić information content (AvgIpc) is 2.21. The zero-order valence-corrected chi connectivity index (χ0v) is 9.73. The van der Waals surface area contributed by atoms with Crippen molar-refractivity contribution in [3.63, 3.8) is 0 Å². The summed E-state index contributed by atoms with van der Waals surface area (Å²) >= 11 is 5.56. The monoisotopic (exact) mass is 224 g/mol. The van der Waals surface area contributed by atoms with Crippen LogP contribution in [-0.2, 0) is 9.47 Å². The van der Waals surface area contributed by atoms with Crippen molar-refractivity contribution in [2.24, 2.45) is 0 Å². The highest BCUT2D eigenvalue weighted by molar-refractivity contribution is 6.17. The van der Waals surface area contributed by atoms with Crippen LogP contribution in [0.5, 0.6) is 0 Å². The van der Waals surface area contributed by atoms with Crippen LogP contribution in [0.3, 0.4) is 0 Å². The Morgan fingerprint density at radius 2 is 1.43 bits per heavy atom. The van der Waals surface area contributed by atoms with Crippen LogP contribution in [0.15, 0.2) is 0 Å². The van der Waals surface area contributed by atoms with Crippen LogP contribution in [0.4, 0.5) is 0 Å². The molecule has 4 heteroatoms. The molecule has 86 valence electrons. The fourth-order valence-electron chi connectivity index (χ4n) is 1.08. The van der Waals surface area contributed by atoms with E-state index in [2.05, 4.69) is 5.73 Å². The molecule has 0 spiro atoms. The van der Waals surface area contributed by atoms with Crippen molar-refractivity contribution in [1.82, 2.24) is 0 Å². The van der Waals surface area contributed by atoms with Crippen molar-refractivity contribution < 1.29 is 15.2 Å². The lowest BCUT2D eigenvalue weighted by atomic mass is 10.2. The number of hydrogen-bond donors (Lipinski definition) is 1. The summed E-state index contributed by atoms with van der Waals surface area (Å²) in [6.07, 6.45) is 4.68. The van der Waals surface area contributed by atoms with Gasteiger partial charge in [-0.05, 0) is 12.8 Å². The molecule has 0 saturated carbocycles. The first-order valence-corrected chi connectivity index (χ1v) is 5.96. The molecule has 0 amide bonds. The fourth-order valence-corrected chi connectivity index (χ4v) is 1.27. The molecular weight excluding hydrogens is 202 g/mol. The zero-order chi connectivity index (χ0) is 10.5. The molecule has 0 aliphatic carbocycles. The highest BCUT2D eigenvalue weighted by atomic mass is 35.5. The lowest BCUT2D eigenvalue weighted by Crippen LogP contribution is -2.52. The van der Waals surface area contributed by atoms with E-state index in [1.807, 2.05) is 0 Å². The lowest BCUT2D eigenvalue weighted by Gasteiger charge is -2.04. The van der Waals surface area contributed by atoms with Gasteiger partial charge < -0.3 is 15.2 Å². The lowest BCUT2D eigenvalue weighted by molar-refractivity contribution is -0.374. The number of hydrogen-bond acceptors (Lipinski definition) is 2. The van der Waals surface area contributed by atoms with Gasteiger partial charge in [0, 0.05) is 12.5 Å². The van der Waals surface area contributed by atoms with E-state index in [1.165, 1.54) is 12.8 Å². The van der Waals surface area contributed by atoms with Crippen LogP contribution >= 0.6 is 11.6 Å². The first-order chi connectivity index (χ1) is 6.91. The van der Waals surface area contributed by atoms with E-state index in [9.17, 15) is 0 Å². The molecule has 0 atom stereocenters. The summed E-state index contributed by atoms with van der Waals surface area (Å²) < 4.78 is 10.6. The Kier molecular flexibility index (Phi) is 13.3. The molecule has 0 aromatic heterocycles. The third kappa shape index (κ3) is 12.2. The van der Waals surface area contributed by atoms with Crippen molar-refractivity contribution in [3.05, 3.63) is 0 Å². The van der Waals surface area contributed by atoms with Crippen LogP contribution in [0, 0.1) is 0 Å². The molecule has 0 saturated heterocycles. The van der Waals surface area contributed by atoms with Crippen LogP contribution in [0.2, 0.25) is 0 Å². The third-order valence-electron chi connectivity index (χ3n) is 1.83. The van der Waals surface area contributed by atoms with Crippen molar-refractivity contribution in [1.29, 1.82) is 0 Å². The zero-order valence-electron chi connectivity index (χ0n) is 8.97. The van der Waals surface area contributed by atoms with Gasteiger partial charge in [0.1, 0.15) is 0 Å². The highest BCUT2D eigenvalue weighted by Gasteiger charge is 1.91. The first kappa shape index (κ1) is 14.2. The molecule has 0 unspecified atom stereocenters. The summed E-state index contributed by atoms with van der Waals surface area (Å²) in [5.41, 5.74) is 3.68. The van der Waals surface area contributed by atoms with E-state index in [0.717, 1.165) is 38.5 Å². The minimum absolute atomic E-state index is 0.692. The Hall–Kier alpha value is 0.170. The second-order valence-corrected chi connectivity index (χ2v) is 3.56. The second kappa shape index (κ2) is 13.2. The molecule has 0 aliphatic rings. The Morgan fingerprint density at radius 3 is 2.07 bits per heavy atom. The summed E-state index contributed by atoms with van der Waals surface area (Å²) in [5.74, 6) is 0.778. The molecule has 0 rings (SSSR count). The molecule has 0 aliphatic heterocycles. The number of rotatable bonds is 11. The number of unbranched alkanes of at least 4 members (excludes halogenated alkanes) is 3. The summed E-state index contributed by atoms with van der Waals surface area (Å²) in [5, 5.41) is 0. The molecule has 14 heavy (non-hydrogen) atoms. The normalized spacial score (nSPS) is 10.7. The van der Waals surface area contributed by atoms with Gasteiger partial charge in [-0.25, -0.2) is 0 Å². The Balaban J connectivity index is 2.78. The minimum Gasteiger partial charge on any atom is -0.379 e. The van der Waals surface area contributed by atoms with Gasteiger partial charge in [0.25, 0.3) is 0 Å². The maximum Gasteiger partial charge on any atom is 0.0977 e. The quantitative estimate of drug-likeness (QED) is 0.422. The number of halogens is 1. The molecule has 0 fully saturated rings. The van der Waals surface area contributed by atoms with E-state index < -0.39 is 0 Å². The molecule has 0 aromatic rings. The largest absolute Gasteiger partial charge is 0.379 e. The smallest absolute Gasteiger partial charge is 0.0977 e. The average molecular weight is 225 g/mol. The Morgan fingerprint density at radius 1 is 0.786 bits per heavy atom. The van der Waals surface area contributed by atoms with Gasteiger partial charge in [-0.3, -0.25) is 0 Å². The van der Waals surface area contributed by atoms with Crippen LogP contribution in [0.1, 0.15) is 25.7 Å². The van der Waals surface area contributed by atoms with E-state index in [0.29, 0.717) is 13.2 Å². The predicted molar refractivity (Wildman–Crippen MR) is 58.6 cm³/mol. The van der Waals surface area contributed by atoms with Crippen molar-refractivity contribution >= 4 is 11.6 Å². The maximum absolute atomic E-state index is 5.56. The second-order valence-electron chi connectivity index (χ2n) is 3.18. The van der Waals surface area contributed by atoms with Crippen molar-refractivity contribution in [2.75, 3.05) is 38.9 Å². The summed E-state index contributed by atoms with van der Waals surface area (Å²) in [4.78, 5) is 0. The van der Waals surface area contributed by atoms with Gasteiger partial charge in [0.2, 0.25) is 0 Å². The van der Waals surface area contributed by atoms with Gasteiger partial charge in [0.15, 0.2) is 0 Å².